The Hall–Kier alpha value is -0.810. The summed E-state index contributed by atoms with van der Waals surface area (Å²) in [5, 5.41) is 2.98. The van der Waals surface area contributed by atoms with E-state index >= 15 is 0 Å². The van der Waals surface area contributed by atoms with Gasteiger partial charge in [0, 0.05) is 38.7 Å². The van der Waals surface area contributed by atoms with Crippen LogP contribution in [0.4, 0.5) is 4.79 Å². The molecule has 0 aromatic carbocycles. The predicted octanol–water partition coefficient (Wildman–Crippen LogP) is 2.79. The minimum atomic E-state index is -0.432. The second kappa shape index (κ2) is 7.18. The Labute approximate surface area is 134 Å². The van der Waals surface area contributed by atoms with Crippen LogP contribution in [0.1, 0.15) is 52.9 Å². The third kappa shape index (κ3) is 5.13. The van der Waals surface area contributed by atoms with Gasteiger partial charge in [-0.05, 0) is 46.5 Å². The summed E-state index contributed by atoms with van der Waals surface area (Å²) in [7, 11) is 1.80. The molecule has 128 valence electrons. The van der Waals surface area contributed by atoms with E-state index in [0.29, 0.717) is 6.10 Å². The highest BCUT2D eigenvalue weighted by atomic mass is 16.6. The van der Waals surface area contributed by atoms with Crippen LogP contribution in [0.25, 0.3) is 0 Å². The fourth-order valence-corrected chi connectivity index (χ4v) is 3.42. The van der Waals surface area contributed by atoms with Gasteiger partial charge in [-0.2, -0.15) is 0 Å². The maximum absolute atomic E-state index is 11.9. The SMILES string of the molecule is COC1CCN(CC2(CNC(=O)OC(C)(C)C)CCC2)CC1. The van der Waals surface area contributed by atoms with Gasteiger partial charge in [-0.1, -0.05) is 6.42 Å². The highest BCUT2D eigenvalue weighted by Crippen LogP contribution is 2.41. The van der Waals surface area contributed by atoms with E-state index < -0.39 is 5.60 Å². The highest BCUT2D eigenvalue weighted by molar-refractivity contribution is 5.67. The van der Waals surface area contributed by atoms with Crippen molar-refractivity contribution in [3.8, 4) is 0 Å². The smallest absolute Gasteiger partial charge is 0.407 e. The van der Waals surface area contributed by atoms with Crippen molar-refractivity contribution in [3.63, 3.8) is 0 Å². The first-order chi connectivity index (χ1) is 10.3. The lowest BCUT2D eigenvalue weighted by atomic mass is 9.68. The number of amides is 1. The monoisotopic (exact) mass is 312 g/mol. The number of nitrogens with zero attached hydrogens (tertiary/aromatic N) is 1. The molecule has 2 aliphatic rings. The van der Waals surface area contributed by atoms with E-state index in [2.05, 4.69) is 10.2 Å². The number of hydrogen-bond donors (Lipinski definition) is 1. The molecule has 1 saturated heterocycles. The molecule has 1 saturated carbocycles. The van der Waals surface area contributed by atoms with Gasteiger partial charge in [0.25, 0.3) is 0 Å². The Morgan fingerprint density at radius 2 is 1.91 bits per heavy atom. The number of carbonyl (C=O) groups is 1. The molecule has 0 bridgehead atoms. The largest absolute Gasteiger partial charge is 0.444 e. The average molecular weight is 312 g/mol. The second-order valence-electron chi connectivity index (χ2n) is 7.92. The lowest BCUT2D eigenvalue weighted by molar-refractivity contribution is 0.00478. The number of piperidine rings is 1. The number of methoxy groups -OCH3 is 1. The first-order valence-corrected chi connectivity index (χ1v) is 8.54. The topological polar surface area (TPSA) is 50.8 Å². The predicted molar refractivity (Wildman–Crippen MR) is 87.0 cm³/mol. The number of nitrogens with one attached hydrogen (secondary N) is 1. The molecule has 0 unspecified atom stereocenters. The van der Waals surface area contributed by atoms with Crippen LogP contribution < -0.4 is 5.32 Å². The van der Waals surface area contributed by atoms with Gasteiger partial charge >= 0.3 is 6.09 Å². The van der Waals surface area contributed by atoms with Crippen LogP contribution >= 0.6 is 0 Å². The molecule has 0 radical (unpaired) electrons. The molecule has 1 N–H and O–H groups in total. The fraction of sp³-hybridized carbons (Fsp3) is 0.941. The zero-order valence-electron chi connectivity index (χ0n) is 14.6. The van der Waals surface area contributed by atoms with Crippen molar-refractivity contribution >= 4 is 6.09 Å². The Morgan fingerprint density at radius 1 is 1.27 bits per heavy atom. The molecule has 1 amide bonds. The van der Waals surface area contributed by atoms with Gasteiger partial charge in [-0.3, -0.25) is 0 Å². The van der Waals surface area contributed by atoms with E-state index in [0.717, 1.165) is 39.0 Å². The lowest BCUT2D eigenvalue weighted by Crippen LogP contribution is -2.51. The molecule has 0 atom stereocenters. The number of carbonyl (C=O) groups excluding carboxylic acids is 1. The van der Waals surface area contributed by atoms with Crippen LogP contribution in [0, 0.1) is 5.41 Å². The van der Waals surface area contributed by atoms with Crippen LogP contribution in [-0.4, -0.2) is 56.0 Å². The zero-order chi connectivity index (χ0) is 16.2. The molecule has 2 fully saturated rings. The summed E-state index contributed by atoms with van der Waals surface area (Å²) in [4.78, 5) is 14.4. The fourth-order valence-electron chi connectivity index (χ4n) is 3.42. The summed E-state index contributed by atoms with van der Waals surface area (Å²) < 4.78 is 10.8. The first-order valence-electron chi connectivity index (χ1n) is 8.54. The normalized spacial score (nSPS) is 22.9. The van der Waals surface area contributed by atoms with Gasteiger partial charge in [0.15, 0.2) is 0 Å². The summed E-state index contributed by atoms with van der Waals surface area (Å²) in [6.45, 7) is 9.70. The lowest BCUT2D eigenvalue weighted by Gasteiger charge is -2.46. The van der Waals surface area contributed by atoms with E-state index in [9.17, 15) is 4.79 Å². The zero-order valence-corrected chi connectivity index (χ0v) is 14.6. The molecule has 0 aromatic rings. The van der Waals surface area contributed by atoms with E-state index in [1.54, 1.807) is 7.11 Å². The molecule has 5 heteroatoms. The molecule has 22 heavy (non-hydrogen) atoms. The van der Waals surface area contributed by atoms with E-state index in [-0.39, 0.29) is 11.5 Å². The molecule has 2 rings (SSSR count). The van der Waals surface area contributed by atoms with Gasteiger partial charge in [0.05, 0.1) is 6.10 Å². The van der Waals surface area contributed by atoms with E-state index in [1.165, 1.54) is 19.3 Å². The summed E-state index contributed by atoms with van der Waals surface area (Å²) in [5.41, 5.74) is -0.185. The number of likely N-dealkylation sites (tertiary alicyclic amines) is 1. The number of hydrogen-bond acceptors (Lipinski definition) is 4. The van der Waals surface area contributed by atoms with E-state index in [4.69, 9.17) is 9.47 Å². The van der Waals surface area contributed by atoms with Gasteiger partial charge in [-0.25, -0.2) is 4.79 Å². The number of ether oxygens (including phenoxy) is 2. The first kappa shape index (κ1) is 17.5. The van der Waals surface area contributed by atoms with Gasteiger partial charge in [-0.15, -0.1) is 0 Å². The Balaban J connectivity index is 1.76. The van der Waals surface area contributed by atoms with Gasteiger partial charge in [0.1, 0.15) is 5.60 Å². The molecule has 0 aromatic heterocycles. The molecule has 5 nitrogen and oxygen atoms in total. The Morgan fingerprint density at radius 3 is 2.36 bits per heavy atom. The average Bonchev–Trinajstić information content (AvgIpc) is 2.40. The quantitative estimate of drug-likeness (QED) is 0.848. The molecule has 1 aliphatic carbocycles. The van der Waals surface area contributed by atoms with Crippen molar-refractivity contribution in [2.45, 2.75) is 64.6 Å². The summed E-state index contributed by atoms with van der Waals surface area (Å²) in [6.07, 6.45) is 6.04. The van der Waals surface area contributed by atoms with Crippen LogP contribution in [0.15, 0.2) is 0 Å². The Kier molecular flexibility index (Phi) is 5.72. The maximum Gasteiger partial charge on any atom is 0.407 e. The van der Waals surface area contributed by atoms with Crippen molar-refractivity contribution in [2.75, 3.05) is 33.3 Å². The van der Waals surface area contributed by atoms with Crippen LogP contribution in [0.2, 0.25) is 0 Å². The van der Waals surface area contributed by atoms with Crippen molar-refractivity contribution in [3.05, 3.63) is 0 Å². The maximum atomic E-state index is 11.9. The number of alkyl carbamates (subject to hydrolysis) is 1. The van der Waals surface area contributed by atoms with Crippen LogP contribution in [0.3, 0.4) is 0 Å². The van der Waals surface area contributed by atoms with E-state index in [1.807, 2.05) is 20.8 Å². The molecule has 0 spiro atoms. The highest BCUT2D eigenvalue weighted by Gasteiger charge is 2.39. The minimum Gasteiger partial charge on any atom is -0.444 e. The van der Waals surface area contributed by atoms with Crippen molar-refractivity contribution in [1.29, 1.82) is 0 Å². The second-order valence-corrected chi connectivity index (χ2v) is 7.92. The molecule has 1 aliphatic heterocycles. The number of rotatable bonds is 5. The van der Waals surface area contributed by atoms with Gasteiger partial charge in [0.2, 0.25) is 0 Å². The van der Waals surface area contributed by atoms with Crippen LogP contribution in [-0.2, 0) is 9.47 Å². The molecular weight excluding hydrogens is 280 g/mol. The van der Waals surface area contributed by atoms with Gasteiger partial charge < -0.3 is 19.7 Å². The minimum absolute atomic E-state index is 0.247. The molecular formula is C17H32N2O3. The van der Waals surface area contributed by atoms with Crippen molar-refractivity contribution in [2.24, 2.45) is 5.41 Å². The third-order valence-corrected chi connectivity index (χ3v) is 4.85. The summed E-state index contributed by atoms with van der Waals surface area (Å²) >= 11 is 0. The third-order valence-electron chi connectivity index (χ3n) is 4.85. The van der Waals surface area contributed by atoms with Crippen molar-refractivity contribution < 1.29 is 14.3 Å². The summed E-state index contributed by atoms with van der Waals surface area (Å²) in [6, 6.07) is 0. The standard InChI is InChI=1S/C17H32N2O3/c1-16(2,3)22-15(20)18-12-17(8-5-9-17)13-19-10-6-14(21-4)7-11-19/h14H,5-13H2,1-4H3,(H,18,20). The van der Waals surface area contributed by atoms with Crippen LogP contribution in [0.5, 0.6) is 0 Å². The Bertz CT molecular complexity index is 367. The van der Waals surface area contributed by atoms with Crippen molar-refractivity contribution in [1.82, 2.24) is 10.2 Å². The molecule has 1 heterocycles. The summed E-state index contributed by atoms with van der Waals surface area (Å²) in [5.74, 6) is 0.